The van der Waals surface area contributed by atoms with E-state index in [9.17, 15) is 18.0 Å². The van der Waals surface area contributed by atoms with Crippen LogP contribution in [-0.4, -0.2) is 37.7 Å². The number of hydrogen-bond acceptors (Lipinski definition) is 3. The average molecular weight is 436 g/mol. The van der Waals surface area contributed by atoms with E-state index >= 15 is 0 Å². The van der Waals surface area contributed by atoms with Gasteiger partial charge < -0.3 is 20.7 Å². The fourth-order valence-electron chi connectivity index (χ4n) is 2.55. The molecule has 3 N–H and O–H groups in total. The Morgan fingerprint density at radius 1 is 0.968 bits per heavy atom. The summed E-state index contributed by atoms with van der Waals surface area (Å²) in [6.45, 7) is 2.48. The molecule has 2 aromatic carbocycles. The molecule has 0 atom stereocenters. The summed E-state index contributed by atoms with van der Waals surface area (Å²) in [5, 5.41) is 9.05. The van der Waals surface area contributed by atoms with Gasteiger partial charge in [0.05, 0.1) is 6.54 Å². The molecule has 0 saturated carbocycles. The third-order valence-corrected chi connectivity index (χ3v) is 4.07. The summed E-state index contributed by atoms with van der Waals surface area (Å²) in [5.41, 5.74) is 1.85. The van der Waals surface area contributed by atoms with Crippen molar-refractivity contribution >= 4 is 11.9 Å². The van der Waals surface area contributed by atoms with Gasteiger partial charge in [0.2, 0.25) is 5.91 Å². The van der Waals surface area contributed by atoms with Crippen LogP contribution >= 0.6 is 0 Å². The lowest BCUT2D eigenvalue weighted by Gasteiger charge is -2.12. The Balaban J connectivity index is 1.75. The van der Waals surface area contributed by atoms with Gasteiger partial charge in [-0.25, -0.2) is 4.99 Å². The average Bonchev–Trinajstić information content (AvgIpc) is 2.75. The van der Waals surface area contributed by atoms with E-state index in [0.717, 1.165) is 11.1 Å². The van der Waals surface area contributed by atoms with Crippen LogP contribution in [0.25, 0.3) is 0 Å². The number of carbonyl (C=O) groups excluding carboxylic acids is 1. The van der Waals surface area contributed by atoms with Gasteiger partial charge in [0.15, 0.2) is 12.6 Å². The second-order valence-corrected chi connectivity index (χ2v) is 6.68. The molecule has 0 saturated heterocycles. The predicted octanol–water partition coefficient (Wildman–Crippen LogP) is 3.39. The first-order valence-electron chi connectivity index (χ1n) is 9.97. The molecule has 0 radical (unpaired) electrons. The zero-order chi connectivity index (χ0) is 22.5. The van der Waals surface area contributed by atoms with E-state index in [4.69, 9.17) is 0 Å². The van der Waals surface area contributed by atoms with Crippen molar-refractivity contribution in [3.8, 4) is 5.75 Å². The summed E-state index contributed by atoms with van der Waals surface area (Å²) in [6, 6.07) is 15.9. The number of hydrogen-bond donors (Lipinski definition) is 3. The van der Waals surface area contributed by atoms with E-state index < -0.39 is 12.8 Å². The number of ether oxygens (including phenoxy) is 1. The first kappa shape index (κ1) is 24.0. The summed E-state index contributed by atoms with van der Waals surface area (Å²) < 4.78 is 41.3. The van der Waals surface area contributed by atoms with Gasteiger partial charge in [-0.15, -0.1) is 0 Å². The Hall–Kier alpha value is -3.23. The quantitative estimate of drug-likeness (QED) is 0.394. The van der Waals surface area contributed by atoms with E-state index in [2.05, 4.69) is 25.7 Å². The van der Waals surface area contributed by atoms with E-state index in [-0.39, 0.29) is 11.7 Å². The first-order valence-corrected chi connectivity index (χ1v) is 9.97. The second-order valence-electron chi connectivity index (χ2n) is 6.68. The summed E-state index contributed by atoms with van der Waals surface area (Å²) >= 11 is 0. The number of aliphatic imine (C=N–C) groups is 1. The maximum Gasteiger partial charge on any atom is 0.422 e. The number of halogens is 3. The van der Waals surface area contributed by atoms with Crippen molar-refractivity contribution in [2.24, 2.45) is 4.99 Å². The van der Waals surface area contributed by atoms with Crippen molar-refractivity contribution in [2.75, 3.05) is 19.7 Å². The molecule has 2 rings (SSSR count). The van der Waals surface area contributed by atoms with Crippen LogP contribution in [0.15, 0.2) is 59.6 Å². The molecule has 0 bridgehead atoms. The highest BCUT2D eigenvalue weighted by Gasteiger charge is 2.28. The minimum atomic E-state index is -4.37. The number of rotatable bonds is 10. The molecule has 0 aromatic heterocycles. The Morgan fingerprint density at radius 3 is 2.32 bits per heavy atom. The van der Waals surface area contributed by atoms with Gasteiger partial charge in [0, 0.05) is 26.1 Å². The highest BCUT2D eigenvalue weighted by Crippen LogP contribution is 2.19. The largest absolute Gasteiger partial charge is 0.484 e. The number of guanidine groups is 1. The van der Waals surface area contributed by atoms with Gasteiger partial charge in [0.1, 0.15) is 5.75 Å². The van der Waals surface area contributed by atoms with Crippen LogP contribution in [-0.2, 0) is 17.9 Å². The summed E-state index contributed by atoms with van der Waals surface area (Å²) in [4.78, 5) is 16.4. The van der Waals surface area contributed by atoms with Crippen LogP contribution < -0.4 is 20.7 Å². The van der Waals surface area contributed by atoms with E-state index in [1.165, 1.54) is 12.1 Å². The van der Waals surface area contributed by atoms with E-state index in [1.807, 2.05) is 37.3 Å². The Labute approximate surface area is 179 Å². The molecule has 0 aliphatic heterocycles. The molecule has 1 amide bonds. The van der Waals surface area contributed by atoms with Crippen molar-refractivity contribution in [1.29, 1.82) is 0 Å². The highest BCUT2D eigenvalue weighted by atomic mass is 19.4. The van der Waals surface area contributed by atoms with Gasteiger partial charge in [0.25, 0.3) is 0 Å². The summed E-state index contributed by atoms with van der Waals surface area (Å²) in [7, 11) is 0. The van der Waals surface area contributed by atoms with Crippen molar-refractivity contribution < 1.29 is 22.7 Å². The molecule has 0 unspecified atom stereocenters. The van der Waals surface area contributed by atoms with Gasteiger partial charge in [-0.3, -0.25) is 4.79 Å². The number of carbonyl (C=O) groups is 1. The third-order valence-electron chi connectivity index (χ3n) is 4.07. The maximum atomic E-state index is 12.2. The molecule has 0 heterocycles. The van der Waals surface area contributed by atoms with Crippen molar-refractivity contribution in [3.63, 3.8) is 0 Å². The van der Waals surface area contributed by atoms with Crippen LogP contribution in [0.3, 0.4) is 0 Å². The highest BCUT2D eigenvalue weighted by molar-refractivity contribution is 5.81. The van der Waals surface area contributed by atoms with Crippen LogP contribution in [0.1, 0.15) is 24.5 Å². The second kappa shape index (κ2) is 12.5. The molecule has 0 aliphatic carbocycles. The first-order chi connectivity index (χ1) is 14.9. The number of nitrogens with zero attached hydrogens (tertiary/aromatic N) is 1. The van der Waals surface area contributed by atoms with Crippen molar-refractivity contribution in [2.45, 2.75) is 32.6 Å². The SMILES string of the molecule is CCNC(=NCc1ccc(OCC(F)(F)F)cc1)NCCC(=O)NCc1ccccc1. The summed E-state index contributed by atoms with van der Waals surface area (Å²) in [6.07, 6.45) is -4.07. The number of alkyl halides is 3. The molecule has 2 aromatic rings. The lowest BCUT2D eigenvalue weighted by Crippen LogP contribution is -2.39. The van der Waals surface area contributed by atoms with Crippen LogP contribution in [0, 0.1) is 0 Å². The standard InChI is InChI=1S/C22H27F3N4O2/c1-2-26-21(27-13-12-20(30)28-14-17-6-4-3-5-7-17)29-15-18-8-10-19(11-9-18)31-16-22(23,24)25/h3-11H,2,12-16H2,1H3,(H,28,30)(H2,26,27,29). The molecule has 0 aliphatic rings. The van der Waals surface area contributed by atoms with Crippen LogP contribution in [0.2, 0.25) is 0 Å². The number of benzene rings is 2. The fourth-order valence-corrected chi connectivity index (χ4v) is 2.55. The fraction of sp³-hybridized carbons (Fsp3) is 0.364. The minimum Gasteiger partial charge on any atom is -0.484 e. The zero-order valence-corrected chi connectivity index (χ0v) is 17.3. The molecule has 0 fully saturated rings. The van der Waals surface area contributed by atoms with Crippen molar-refractivity contribution in [3.05, 3.63) is 65.7 Å². The molecule has 0 spiro atoms. The van der Waals surface area contributed by atoms with Gasteiger partial charge >= 0.3 is 6.18 Å². The smallest absolute Gasteiger partial charge is 0.422 e. The molecule has 9 heteroatoms. The Bertz CT molecular complexity index is 825. The molecular formula is C22H27F3N4O2. The monoisotopic (exact) mass is 436 g/mol. The zero-order valence-electron chi connectivity index (χ0n) is 17.3. The van der Waals surface area contributed by atoms with E-state index in [1.54, 1.807) is 12.1 Å². The minimum absolute atomic E-state index is 0.0679. The maximum absolute atomic E-state index is 12.2. The Morgan fingerprint density at radius 2 is 1.68 bits per heavy atom. The van der Waals surface area contributed by atoms with Crippen molar-refractivity contribution in [1.82, 2.24) is 16.0 Å². The molecule has 168 valence electrons. The van der Waals surface area contributed by atoms with Gasteiger partial charge in [-0.05, 0) is 30.2 Å². The van der Waals surface area contributed by atoms with Crippen LogP contribution in [0.5, 0.6) is 5.75 Å². The Kier molecular flexibility index (Phi) is 9.67. The molecule has 31 heavy (non-hydrogen) atoms. The topological polar surface area (TPSA) is 74.8 Å². The normalized spacial score (nSPS) is 11.7. The molecule has 6 nitrogen and oxygen atoms in total. The third kappa shape index (κ3) is 10.4. The van der Waals surface area contributed by atoms with Gasteiger partial charge in [-0.2, -0.15) is 13.2 Å². The molecular weight excluding hydrogens is 409 g/mol. The van der Waals surface area contributed by atoms with Crippen LogP contribution in [0.4, 0.5) is 13.2 Å². The van der Waals surface area contributed by atoms with E-state index in [0.29, 0.717) is 38.6 Å². The predicted molar refractivity (Wildman–Crippen MR) is 114 cm³/mol. The van der Waals surface area contributed by atoms with Gasteiger partial charge in [-0.1, -0.05) is 42.5 Å². The number of nitrogens with one attached hydrogen (secondary N) is 3. The summed E-state index contributed by atoms with van der Waals surface area (Å²) in [5.74, 6) is 0.633. The lowest BCUT2D eigenvalue weighted by atomic mass is 10.2. The number of amides is 1. The lowest BCUT2D eigenvalue weighted by molar-refractivity contribution is -0.153.